The lowest BCUT2D eigenvalue weighted by Gasteiger charge is -2.14. The second-order valence-corrected chi connectivity index (χ2v) is 8.42. The summed E-state index contributed by atoms with van der Waals surface area (Å²) >= 11 is 7.65. The van der Waals surface area contributed by atoms with Gasteiger partial charge in [-0.15, -0.1) is 35.7 Å². The lowest BCUT2D eigenvalue weighted by molar-refractivity contribution is -0.127. The van der Waals surface area contributed by atoms with Crippen LogP contribution in [0.25, 0.3) is 0 Å². The SMILES string of the molecule is CN(C)C(=O)CN=C(NCCCOC1CCOC1)NCCSc1ccc(Cl)cc1.I. The van der Waals surface area contributed by atoms with Crippen molar-refractivity contribution in [1.29, 1.82) is 0 Å². The van der Waals surface area contributed by atoms with E-state index in [-0.39, 0.29) is 42.5 Å². The highest BCUT2D eigenvalue weighted by atomic mass is 127. The van der Waals surface area contributed by atoms with Crippen molar-refractivity contribution in [2.45, 2.75) is 23.8 Å². The molecule has 1 aliphatic heterocycles. The van der Waals surface area contributed by atoms with Crippen LogP contribution in [0.15, 0.2) is 34.2 Å². The zero-order chi connectivity index (χ0) is 20.9. The standard InChI is InChI=1S/C20H31ClN4O3S.HI/c1-25(2)19(26)14-24-20(22-9-3-11-28-17-8-12-27-15-17)23-10-13-29-18-6-4-16(21)5-7-18;/h4-7,17H,3,8-15H2,1-2H3,(H2,22,23,24);1H. The van der Waals surface area contributed by atoms with Gasteiger partial charge in [-0.2, -0.15) is 0 Å². The van der Waals surface area contributed by atoms with Gasteiger partial charge in [0, 0.05) is 56.1 Å². The van der Waals surface area contributed by atoms with E-state index in [2.05, 4.69) is 15.6 Å². The van der Waals surface area contributed by atoms with Crippen LogP contribution < -0.4 is 10.6 Å². The van der Waals surface area contributed by atoms with Crippen molar-refractivity contribution in [1.82, 2.24) is 15.5 Å². The zero-order valence-electron chi connectivity index (χ0n) is 17.6. The van der Waals surface area contributed by atoms with Crippen molar-refractivity contribution in [3.05, 3.63) is 29.3 Å². The van der Waals surface area contributed by atoms with Crippen molar-refractivity contribution in [3.8, 4) is 0 Å². The summed E-state index contributed by atoms with van der Waals surface area (Å²) in [4.78, 5) is 18.9. The van der Waals surface area contributed by atoms with Crippen molar-refractivity contribution < 1.29 is 14.3 Å². The summed E-state index contributed by atoms with van der Waals surface area (Å²) in [6.07, 6.45) is 2.06. The first kappa shape index (κ1) is 27.3. The average molecular weight is 571 g/mol. The van der Waals surface area contributed by atoms with Crippen LogP contribution in [0.2, 0.25) is 5.02 Å². The summed E-state index contributed by atoms with van der Waals surface area (Å²) in [5, 5.41) is 7.30. The van der Waals surface area contributed by atoms with Gasteiger partial charge in [-0.1, -0.05) is 11.6 Å². The number of ether oxygens (including phenoxy) is 2. The largest absolute Gasteiger partial charge is 0.379 e. The number of carbonyl (C=O) groups is 1. The summed E-state index contributed by atoms with van der Waals surface area (Å²) in [6, 6.07) is 7.79. The van der Waals surface area contributed by atoms with E-state index >= 15 is 0 Å². The molecule has 1 aromatic rings. The van der Waals surface area contributed by atoms with Crippen LogP contribution in [0, 0.1) is 0 Å². The Morgan fingerprint density at radius 1 is 1.30 bits per heavy atom. The Labute approximate surface area is 205 Å². The summed E-state index contributed by atoms with van der Waals surface area (Å²) in [6.45, 7) is 3.72. The van der Waals surface area contributed by atoms with Gasteiger partial charge < -0.3 is 25.0 Å². The molecular weight excluding hydrogens is 539 g/mol. The number of likely N-dealkylation sites (N-methyl/N-ethyl adjacent to an activating group) is 1. The van der Waals surface area contributed by atoms with E-state index < -0.39 is 0 Å². The molecule has 10 heteroatoms. The molecule has 1 saturated heterocycles. The Kier molecular flexibility index (Phi) is 14.5. The van der Waals surface area contributed by atoms with Crippen LogP contribution in [0.5, 0.6) is 0 Å². The molecule has 30 heavy (non-hydrogen) atoms. The zero-order valence-corrected chi connectivity index (χ0v) is 21.5. The topological polar surface area (TPSA) is 75.2 Å². The monoisotopic (exact) mass is 570 g/mol. The van der Waals surface area contributed by atoms with Gasteiger partial charge in [0.05, 0.1) is 12.7 Å². The van der Waals surface area contributed by atoms with E-state index in [0.717, 1.165) is 43.3 Å². The summed E-state index contributed by atoms with van der Waals surface area (Å²) in [5.41, 5.74) is 0. The number of benzene rings is 1. The Morgan fingerprint density at radius 3 is 2.70 bits per heavy atom. The molecule has 0 aromatic heterocycles. The highest BCUT2D eigenvalue weighted by Gasteiger charge is 2.15. The molecule has 0 saturated carbocycles. The second-order valence-electron chi connectivity index (χ2n) is 6.82. The maximum Gasteiger partial charge on any atom is 0.243 e. The van der Waals surface area contributed by atoms with Crippen LogP contribution in [-0.4, -0.2) is 82.2 Å². The molecule has 1 amide bonds. The number of guanidine groups is 1. The highest BCUT2D eigenvalue weighted by molar-refractivity contribution is 14.0. The molecule has 1 unspecified atom stereocenters. The molecule has 170 valence electrons. The fraction of sp³-hybridized carbons (Fsp3) is 0.600. The third-order valence-corrected chi connectivity index (χ3v) is 5.47. The minimum Gasteiger partial charge on any atom is -0.379 e. The van der Waals surface area contributed by atoms with Crippen LogP contribution in [0.3, 0.4) is 0 Å². The van der Waals surface area contributed by atoms with E-state index in [1.54, 1.807) is 25.9 Å². The molecule has 0 bridgehead atoms. The van der Waals surface area contributed by atoms with E-state index in [9.17, 15) is 4.79 Å². The molecule has 1 aliphatic rings. The first-order valence-corrected chi connectivity index (χ1v) is 11.2. The van der Waals surface area contributed by atoms with Gasteiger partial charge >= 0.3 is 0 Å². The molecule has 7 nitrogen and oxygen atoms in total. The van der Waals surface area contributed by atoms with E-state index in [1.165, 1.54) is 9.80 Å². The van der Waals surface area contributed by atoms with Crippen LogP contribution in [0.1, 0.15) is 12.8 Å². The van der Waals surface area contributed by atoms with Gasteiger partial charge in [0.2, 0.25) is 5.91 Å². The summed E-state index contributed by atoms with van der Waals surface area (Å²) in [5.74, 6) is 1.47. The van der Waals surface area contributed by atoms with Gasteiger partial charge in [-0.25, -0.2) is 4.99 Å². The number of nitrogens with one attached hydrogen (secondary N) is 2. The van der Waals surface area contributed by atoms with Gasteiger partial charge in [-0.3, -0.25) is 4.79 Å². The van der Waals surface area contributed by atoms with Crippen LogP contribution in [-0.2, 0) is 14.3 Å². The lowest BCUT2D eigenvalue weighted by Crippen LogP contribution is -2.40. The van der Waals surface area contributed by atoms with Crippen molar-refractivity contribution in [2.24, 2.45) is 4.99 Å². The minimum absolute atomic E-state index is 0. The molecule has 0 spiro atoms. The summed E-state index contributed by atoms with van der Waals surface area (Å²) in [7, 11) is 3.45. The molecule has 1 fully saturated rings. The number of thioether (sulfide) groups is 1. The Hall–Kier alpha value is -0.750. The molecule has 0 radical (unpaired) electrons. The molecular formula is C20H32ClIN4O3S. The maximum absolute atomic E-state index is 11.8. The fourth-order valence-corrected chi connectivity index (χ4v) is 3.40. The Balaban J connectivity index is 0.00000450. The third kappa shape index (κ3) is 11.6. The quantitative estimate of drug-likeness (QED) is 0.140. The van der Waals surface area contributed by atoms with E-state index in [0.29, 0.717) is 19.2 Å². The predicted octanol–water partition coefficient (Wildman–Crippen LogP) is 2.87. The number of rotatable bonds is 11. The lowest BCUT2D eigenvalue weighted by atomic mass is 10.3. The molecule has 1 aromatic carbocycles. The number of amides is 1. The van der Waals surface area contributed by atoms with Gasteiger partial charge in [0.1, 0.15) is 6.54 Å². The molecule has 1 heterocycles. The van der Waals surface area contributed by atoms with Crippen molar-refractivity contribution >= 4 is 59.2 Å². The first-order chi connectivity index (χ1) is 14.0. The van der Waals surface area contributed by atoms with Crippen LogP contribution in [0.4, 0.5) is 0 Å². The number of nitrogens with zero attached hydrogens (tertiary/aromatic N) is 2. The average Bonchev–Trinajstić information content (AvgIpc) is 3.22. The van der Waals surface area contributed by atoms with Gasteiger partial charge in [0.15, 0.2) is 5.96 Å². The predicted molar refractivity (Wildman–Crippen MR) is 134 cm³/mol. The third-order valence-electron chi connectivity index (χ3n) is 4.20. The molecule has 2 rings (SSSR count). The number of carbonyl (C=O) groups excluding carboxylic acids is 1. The molecule has 2 N–H and O–H groups in total. The Bertz CT molecular complexity index is 643. The Morgan fingerprint density at radius 2 is 2.03 bits per heavy atom. The van der Waals surface area contributed by atoms with Crippen molar-refractivity contribution in [3.63, 3.8) is 0 Å². The van der Waals surface area contributed by atoms with Crippen LogP contribution >= 0.6 is 47.3 Å². The number of aliphatic imine (C=N–C) groups is 1. The normalized spacial score (nSPS) is 16.1. The van der Waals surface area contributed by atoms with Gasteiger partial charge in [-0.05, 0) is 37.1 Å². The van der Waals surface area contributed by atoms with Crippen molar-refractivity contribution in [2.75, 3.05) is 59.3 Å². The highest BCUT2D eigenvalue weighted by Crippen LogP contribution is 2.19. The second kappa shape index (κ2) is 16.0. The smallest absolute Gasteiger partial charge is 0.243 e. The van der Waals surface area contributed by atoms with E-state index in [4.69, 9.17) is 21.1 Å². The molecule has 0 aliphatic carbocycles. The fourth-order valence-electron chi connectivity index (χ4n) is 2.50. The number of hydrogen-bond acceptors (Lipinski definition) is 5. The summed E-state index contributed by atoms with van der Waals surface area (Å²) < 4.78 is 11.1. The molecule has 1 atom stereocenters. The van der Waals surface area contributed by atoms with Gasteiger partial charge in [0.25, 0.3) is 0 Å². The number of halogens is 2. The number of hydrogen-bond donors (Lipinski definition) is 2. The minimum atomic E-state index is -0.0359. The van der Waals surface area contributed by atoms with E-state index in [1.807, 2.05) is 24.3 Å². The first-order valence-electron chi connectivity index (χ1n) is 9.84. The maximum atomic E-state index is 11.8.